The molecule has 0 saturated heterocycles. The van der Waals surface area contributed by atoms with Crippen LogP contribution < -0.4 is 5.32 Å². The topological polar surface area (TPSA) is 75.3 Å². The minimum Gasteiger partial charge on any atom is -0.391 e. The summed E-state index contributed by atoms with van der Waals surface area (Å²) in [5.74, 6) is 2.70. The van der Waals surface area contributed by atoms with E-state index in [4.69, 9.17) is 0 Å². The fourth-order valence-electron chi connectivity index (χ4n) is 3.21. The van der Waals surface area contributed by atoms with Crippen molar-refractivity contribution in [1.29, 1.82) is 0 Å². The molecule has 2 N–H and O–H groups in total. The summed E-state index contributed by atoms with van der Waals surface area (Å²) in [5.41, 5.74) is 0.791. The number of fused-ring (bicyclic) bond motifs is 1. The molecule has 2 heterocycles. The van der Waals surface area contributed by atoms with Crippen LogP contribution in [0.5, 0.6) is 0 Å². The summed E-state index contributed by atoms with van der Waals surface area (Å²) in [6, 6.07) is 3.83. The summed E-state index contributed by atoms with van der Waals surface area (Å²) < 4.78 is 1.84. The molecule has 2 aliphatic carbocycles. The fraction of sp³-hybridized carbons (Fsp3) is 0.667. The van der Waals surface area contributed by atoms with E-state index >= 15 is 0 Å². The van der Waals surface area contributed by atoms with Gasteiger partial charge >= 0.3 is 0 Å². The van der Waals surface area contributed by atoms with Gasteiger partial charge in [0.2, 0.25) is 0 Å². The third-order valence-corrected chi connectivity index (χ3v) is 4.67. The van der Waals surface area contributed by atoms with E-state index < -0.39 is 0 Å². The number of anilines is 1. The third kappa shape index (κ3) is 2.60. The molecular formula is C15H21N5O. The van der Waals surface area contributed by atoms with E-state index in [1.807, 2.05) is 16.6 Å². The van der Waals surface area contributed by atoms with Gasteiger partial charge in [-0.3, -0.25) is 0 Å². The second kappa shape index (κ2) is 5.26. The van der Waals surface area contributed by atoms with Crippen LogP contribution in [0.2, 0.25) is 0 Å². The van der Waals surface area contributed by atoms with Gasteiger partial charge in [0.15, 0.2) is 11.5 Å². The molecule has 4 rings (SSSR count). The first-order valence-electron chi connectivity index (χ1n) is 7.95. The molecule has 21 heavy (non-hydrogen) atoms. The Bertz CT molecular complexity index is 630. The Balaban J connectivity index is 1.47. The van der Waals surface area contributed by atoms with Crippen LogP contribution >= 0.6 is 0 Å². The Morgan fingerprint density at radius 3 is 2.76 bits per heavy atom. The molecule has 1 atom stereocenters. The number of hydrogen-bond donors (Lipinski definition) is 2. The van der Waals surface area contributed by atoms with Crippen molar-refractivity contribution in [2.45, 2.75) is 50.5 Å². The van der Waals surface area contributed by atoms with Crippen LogP contribution in [-0.4, -0.2) is 37.6 Å². The van der Waals surface area contributed by atoms with Gasteiger partial charge in [-0.25, -0.2) is 0 Å². The van der Waals surface area contributed by atoms with E-state index in [1.54, 1.807) is 0 Å². The first kappa shape index (κ1) is 13.0. The van der Waals surface area contributed by atoms with Gasteiger partial charge in [-0.15, -0.1) is 15.3 Å². The average molecular weight is 287 g/mol. The van der Waals surface area contributed by atoms with E-state index in [0.29, 0.717) is 18.4 Å². The van der Waals surface area contributed by atoms with Crippen LogP contribution in [0.3, 0.4) is 0 Å². The molecule has 0 bridgehead atoms. The predicted octanol–water partition coefficient (Wildman–Crippen LogP) is 1.96. The van der Waals surface area contributed by atoms with E-state index in [-0.39, 0.29) is 6.10 Å². The van der Waals surface area contributed by atoms with E-state index in [1.165, 1.54) is 25.7 Å². The molecule has 2 saturated carbocycles. The van der Waals surface area contributed by atoms with Crippen molar-refractivity contribution < 1.29 is 5.11 Å². The molecule has 0 radical (unpaired) electrons. The molecule has 6 heteroatoms. The highest BCUT2D eigenvalue weighted by atomic mass is 16.3. The summed E-state index contributed by atoms with van der Waals surface area (Å²) >= 11 is 0. The zero-order chi connectivity index (χ0) is 14.2. The number of rotatable bonds is 5. The van der Waals surface area contributed by atoms with Crippen molar-refractivity contribution in [2.24, 2.45) is 5.92 Å². The summed E-state index contributed by atoms with van der Waals surface area (Å²) in [6.07, 6.45) is 6.86. The summed E-state index contributed by atoms with van der Waals surface area (Å²) in [5, 5.41) is 26.4. The molecule has 112 valence electrons. The monoisotopic (exact) mass is 287 g/mol. The Labute approximate surface area is 123 Å². The zero-order valence-corrected chi connectivity index (χ0v) is 12.1. The molecule has 1 unspecified atom stereocenters. The normalized spacial score (nSPS) is 21.0. The van der Waals surface area contributed by atoms with Crippen molar-refractivity contribution in [2.75, 3.05) is 11.9 Å². The van der Waals surface area contributed by atoms with Crippen LogP contribution in [0, 0.1) is 5.92 Å². The van der Waals surface area contributed by atoms with E-state index in [0.717, 1.165) is 30.1 Å². The van der Waals surface area contributed by atoms with Crippen LogP contribution in [-0.2, 0) is 0 Å². The fourth-order valence-corrected chi connectivity index (χ4v) is 3.21. The number of hydrogen-bond acceptors (Lipinski definition) is 5. The van der Waals surface area contributed by atoms with Gasteiger partial charge in [0.05, 0.1) is 6.10 Å². The lowest BCUT2D eigenvalue weighted by Crippen LogP contribution is -2.27. The number of aliphatic hydroxyl groups is 1. The first-order valence-corrected chi connectivity index (χ1v) is 7.95. The van der Waals surface area contributed by atoms with Crippen LogP contribution in [0.1, 0.15) is 50.3 Å². The second-order valence-corrected chi connectivity index (χ2v) is 6.31. The molecule has 0 amide bonds. The number of aliphatic hydroxyl groups excluding tert-OH is 1. The maximum absolute atomic E-state index is 10.2. The lowest BCUT2D eigenvalue weighted by molar-refractivity contribution is 0.122. The molecule has 0 aliphatic heterocycles. The smallest absolute Gasteiger partial charge is 0.178 e. The van der Waals surface area contributed by atoms with Gasteiger partial charge in [0, 0.05) is 12.5 Å². The lowest BCUT2D eigenvalue weighted by atomic mass is 10.0. The quantitative estimate of drug-likeness (QED) is 0.879. The molecule has 2 aliphatic rings. The summed E-state index contributed by atoms with van der Waals surface area (Å²) in [7, 11) is 0. The minimum atomic E-state index is -0.284. The Morgan fingerprint density at radius 1 is 1.19 bits per heavy atom. The first-order chi connectivity index (χ1) is 10.3. The molecule has 0 spiro atoms. The Kier molecular flexibility index (Phi) is 3.25. The average Bonchev–Trinajstić information content (AvgIpc) is 3.05. The van der Waals surface area contributed by atoms with Crippen molar-refractivity contribution in [3.05, 3.63) is 18.0 Å². The maximum atomic E-state index is 10.2. The standard InChI is InChI=1S/C15H21N5O/c21-12(10-3-1-2-4-10)9-16-13-7-8-14-17-18-15(11-5-6-11)20(14)19-13/h7-8,10-12,21H,1-6,9H2,(H,16,19). The predicted molar refractivity (Wildman–Crippen MR) is 79.2 cm³/mol. The van der Waals surface area contributed by atoms with E-state index in [2.05, 4.69) is 20.6 Å². The third-order valence-electron chi connectivity index (χ3n) is 4.67. The maximum Gasteiger partial charge on any atom is 0.178 e. The van der Waals surface area contributed by atoms with Crippen LogP contribution in [0.4, 0.5) is 5.82 Å². The second-order valence-electron chi connectivity index (χ2n) is 6.31. The van der Waals surface area contributed by atoms with Crippen molar-refractivity contribution in [1.82, 2.24) is 19.8 Å². The van der Waals surface area contributed by atoms with Gasteiger partial charge in [-0.2, -0.15) is 4.52 Å². The zero-order valence-electron chi connectivity index (χ0n) is 12.1. The SMILES string of the molecule is OC(CNc1ccc2nnc(C3CC3)n2n1)C1CCCC1. The Hall–Kier alpha value is -1.69. The molecule has 2 aromatic rings. The van der Waals surface area contributed by atoms with Gasteiger partial charge in [-0.1, -0.05) is 12.8 Å². The highest BCUT2D eigenvalue weighted by molar-refractivity contribution is 5.44. The van der Waals surface area contributed by atoms with Crippen LogP contribution in [0.25, 0.3) is 5.65 Å². The molecule has 2 aromatic heterocycles. The number of nitrogens with zero attached hydrogens (tertiary/aromatic N) is 4. The van der Waals surface area contributed by atoms with Crippen LogP contribution in [0.15, 0.2) is 12.1 Å². The van der Waals surface area contributed by atoms with Gasteiger partial charge in [0.25, 0.3) is 0 Å². The Morgan fingerprint density at radius 2 is 2.00 bits per heavy atom. The highest BCUT2D eigenvalue weighted by Crippen LogP contribution is 2.38. The van der Waals surface area contributed by atoms with Crippen molar-refractivity contribution in [3.63, 3.8) is 0 Å². The van der Waals surface area contributed by atoms with Gasteiger partial charge < -0.3 is 10.4 Å². The highest BCUT2D eigenvalue weighted by Gasteiger charge is 2.29. The summed E-state index contributed by atoms with van der Waals surface area (Å²) in [6.45, 7) is 0.560. The lowest BCUT2D eigenvalue weighted by Gasteiger charge is -2.18. The molecule has 2 fully saturated rings. The molecule has 6 nitrogen and oxygen atoms in total. The van der Waals surface area contributed by atoms with Gasteiger partial charge in [0.1, 0.15) is 5.82 Å². The molecule has 0 aromatic carbocycles. The largest absolute Gasteiger partial charge is 0.391 e. The van der Waals surface area contributed by atoms with Gasteiger partial charge in [-0.05, 0) is 43.7 Å². The van der Waals surface area contributed by atoms with Crippen molar-refractivity contribution >= 4 is 11.5 Å². The minimum absolute atomic E-state index is 0.284. The van der Waals surface area contributed by atoms with E-state index in [9.17, 15) is 5.11 Å². The van der Waals surface area contributed by atoms with Crippen molar-refractivity contribution in [3.8, 4) is 0 Å². The molecular weight excluding hydrogens is 266 g/mol. The summed E-state index contributed by atoms with van der Waals surface area (Å²) in [4.78, 5) is 0. The number of nitrogens with one attached hydrogen (secondary N) is 1. The number of aromatic nitrogens is 4.